The lowest BCUT2D eigenvalue weighted by molar-refractivity contribution is -0.118. The molecule has 1 rings (SSSR count). The second-order valence-corrected chi connectivity index (χ2v) is 3.91. The number of nitrogens with two attached hydrogens (primary N) is 2. The van der Waals surface area contributed by atoms with Crippen LogP contribution in [-0.4, -0.2) is 13.0 Å². The molecule has 1 atom stereocenters. The quantitative estimate of drug-likeness (QED) is 0.824. The van der Waals surface area contributed by atoms with Crippen LogP contribution < -0.4 is 16.2 Å². The van der Waals surface area contributed by atoms with Crippen LogP contribution in [0.4, 0.5) is 0 Å². The number of hydrogen-bond donors (Lipinski definition) is 2. The van der Waals surface area contributed by atoms with E-state index in [1.54, 1.807) is 25.3 Å². The first-order valence-corrected chi connectivity index (χ1v) is 5.29. The zero-order chi connectivity index (χ0) is 12.1. The van der Waals surface area contributed by atoms with Crippen molar-refractivity contribution in [2.24, 2.45) is 11.5 Å². The van der Waals surface area contributed by atoms with Crippen molar-refractivity contribution in [2.45, 2.75) is 18.9 Å². The van der Waals surface area contributed by atoms with Crippen molar-refractivity contribution in [3.63, 3.8) is 0 Å². The lowest BCUT2D eigenvalue weighted by Crippen LogP contribution is -2.16. The average Bonchev–Trinajstić information content (AvgIpc) is 2.25. The Hall–Kier alpha value is -1.26. The summed E-state index contributed by atoms with van der Waals surface area (Å²) >= 11 is 6.04. The second-order valence-electron chi connectivity index (χ2n) is 3.50. The van der Waals surface area contributed by atoms with E-state index in [0.717, 1.165) is 5.56 Å². The zero-order valence-corrected chi connectivity index (χ0v) is 9.83. The highest BCUT2D eigenvalue weighted by Gasteiger charge is 2.11. The van der Waals surface area contributed by atoms with Gasteiger partial charge in [-0.3, -0.25) is 4.79 Å². The van der Waals surface area contributed by atoms with Gasteiger partial charge in [-0.15, -0.1) is 0 Å². The number of carbonyl (C=O) groups is 1. The van der Waals surface area contributed by atoms with Gasteiger partial charge in [-0.1, -0.05) is 17.7 Å². The summed E-state index contributed by atoms with van der Waals surface area (Å²) in [4.78, 5) is 10.6. The van der Waals surface area contributed by atoms with E-state index in [0.29, 0.717) is 17.2 Å². The molecule has 0 saturated heterocycles. The van der Waals surface area contributed by atoms with Gasteiger partial charge in [0.15, 0.2) is 0 Å². The van der Waals surface area contributed by atoms with Crippen LogP contribution in [0.3, 0.4) is 0 Å². The molecule has 0 aliphatic carbocycles. The molecule has 1 unspecified atom stereocenters. The number of primary amides is 1. The number of hydrogen-bond acceptors (Lipinski definition) is 3. The fourth-order valence-corrected chi connectivity index (χ4v) is 1.70. The number of ether oxygens (including phenoxy) is 1. The zero-order valence-electron chi connectivity index (χ0n) is 9.07. The summed E-state index contributed by atoms with van der Waals surface area (Å²) in [6.45, 7) is 0. The Kier molecular flexibility index (Phi) is 4.58. The van der Waals surface area contributed by atoms with Crippen molar-refractivity contribution in [3.05, 3.63) is 28.8 Å². The lowest BCUT2D eigenvalue weighted by Gasteiger charge is -2.13. The Morgan fingerprint density at radius 2 is 2.25 bits per heavy atom. The summed E-state index contributed by atoms with van der Waals surface area (Å²) in [7, 11) is 1.57. The summed E-state index contributed by atoms with van der Waals surface area (Å²) in [5.41, 5.74) is 11.8. The smallest absolute Gasteiger partial charge is 0.217 e. The van der Waals surface area contributed by atoms with Crippen molar-refractivity contribution in [2.75, 3.05) is 7.11 Å². The minimum absolute atomic E-state index is 0.253. The van der Waals surface area contributed by atoms with Crippen LogP contribution in [0.25, 0.3) is 0 Å². The number of benzene rings is 1. The molecule has 0 aliphatic heterocycles. The molecule has 0 aromatic heterocycles. The van der Waals surface area contributed by atoms with Gasteiger partial charge in [-0.25, -0.2) is 0 Å². The Bertz CT molecular complexity index is 382. The average molecular weight is 243 g/mol. The molecule has 1 aromatic carbocycles. The Morgan fingerprint density at radius 1 is 1.56 bits per heavy atom. The van der Waals surface area contributed by atoms with Crippen molar-refractivity contribution < 1.29 is 9.53 Å². The van der Waals surface area contributed by atoms with Crippen LogP contribution in [-0.2, 0) is 4.79 Å². The highest BCUT2D eigenvalue weighted by atomic mass is 35.5. The highest BCUT2D eigenvalue weighted by Crippen LogP contribution is 2.28. The summed E-state index contributed by atoms with van der Waals surface area (Å²) in [5.74, 6) is 0.316. The van der Waals surface area contributed by atoms with E-state index in [2.05, 4.69) is 0 Å². The van der Waals surface area contributed by atoms with Crippen molar-refractivity contribution in [3.8, 4) is 5.75 Å². The summed E-state index contributed by atoms with van der Waals surface area (Å²) in [6, 6.07) is 4.99. The van der Waals surface area contributed by atoms with E-state index in [-0.39, 0.29) is 18.4 Å². The molecule has 4 nitrogen and oxygen atoms in total. The van der Waals surface area contributed by atoms with Gasteiger partial charge in [0.05, 0.1) is 7.11 Å². The van der Waals surface area contributed by atoms with E-state index < -0.39 is 0 Å². The fraction of sp³-hybridized carbons (Fsp3) is 0.364. The topological polar surface area (TPSA) is 78.3 Å². The predicted molar refractivity (Wildman–Crippen MR) is 63.4 cm³/mol. The SMILES string of the molecule is COc1ccc(C(N)CCC(N)=O)c(Cl)c1. The molecule has 0 saturated carbocycles. The van der Waals surface area contributed by atoms with Gasteiger partial charge in [0, 0.05) is 17.5 Å². The minimum atomic E-state index is -0.361. The van der Waals surface area contributed by atoms with Crippen molar-refractivity contribution >= 4 is 17.5 Å². The van der Waals surface area contributed by atoms with Crippen LogP contribution in [0.5, 0.6) is 5.75 Å². The number of rotatable bonds is 5. The molecule has 4 N–H and O–H groups in total. The maximum atomic E-state index is 10.6. The van der Waals surface area contributed by atoms with E-state index >= 15 is 0 Å². The normalized spacial score (nSPS) is 12.2. The lowest BCUT2D eigenvalue weighted by atomic mass is 10.0. The first-order chi connectivity index (χ1) is 7.54. The third-order valence-corrected chi connectivity index (χ3v) is 2.64. The second kappa shape index (κ2) is 5.72. The molecule has 0 radical (unpaired) electrons. The summed E-state index contributed by atoms with van der Waals surface area (Å²) in [6.07, 6.45) is 0.741. The predicted octanol–water partition coefficient (Wildman–Crippen LogP) is 1.61. The maximum absolute atomic E-state index is 10.6. The molecule has 16 heavy (non-hydrogen) atoms. The molecule has 88 valence electrons. The molecule has 0 heterocycles. The van der Waals surface area contributed by atoms with Gasteiger partial charge < -0.3 is 16.2 Å². The van der Waals surface area contributed by atoms with Gasteiger partial charge in [0.2, 0.25) is 5.91 Å². The molecule has 0 fully saturated rings. The van der Waals surface area contributed by atoms with Crippen LogP contribution in [0, 0.1) is 0 Å². The molecule has 0 aliphatic rings. The molecule has 1 aromatic rings. The van der Waals surface area contributed by atoms with Gasteiger partial charge in [0.25, 0.3) is 0 Å². The number of carbonyl (C=O) groups excluding carboxylic acids is 1. The largest absolute Gasteiger partial charge is 0.497 e. The van der Waals surface area contributed by atoms with Crippen molar-refractivity contribution in [1.29, 1.82) is 0 Å². The van der Waals surface area contributed by atoms with Crippen molar-refractivity contribution in [1.82, 2.24) is 0 Å². The van der Waals surface area contributed by atoms with E-state index in [1.807, 2.05) is 0 Å². The standard InChI is InChI=1S/C11H15ClN2O2/c1-16-7-2-3-8(9(12)6-7)10(13)4-5-11(14)15/h2-3,6,10H,4-5,13H2,1H3,(H2,14,15). The van der Waals surface area contributed by atoms with Crippen LogP contribution in [0.2, 0.25) is 5.02 Å². The van der Waals surface area contributed by atoms with E-state index in [1.165, 1.54) is 0 Å². The van der Waals surface area contributed by atoms with Crippen LogP contribution in [0.15, 0.2) is 18.2 Å². The fourth-order valence-electron chi connectivity index (χ4n) is 1.39. The van der Waals surface area contributed by atoms with E-state index in [4.69, 9.17) is 27.8 Å². The first-order valence-electron chi connectivity index (χ1n) is 4.92. The monoisotopic (exact) mass is 242 g/mol. The molecular weight excluding hydrogens is 228 g/mol. The molecule has 0 spiro atoms. The summed E-state index contributed by atoms with van der Waals surface area (Å²) in [5, 5.41) is 0.538. The molecule has 1 amide bonds. The van der Waals surface area contributed by atoms with Crippen LogP contribution >= 0.6 is 11.6 Å². The Balaban J connectivity index is 2.75. The van der Waals surface area contributed by atoms with Gasteiger partial charge >= 0.3 is 0 Å². The van der Waals surface area contributed by atoms with Gasteiger partial charge in [0.1, 0.15) is 5.75 Å². The minimum Gasteiger partial charge on any atom is -0.497 e. The third-order valence-electron chi connectivity index (χ3n) is 2.31. The molecule has 5 heteroatoms. The number of amides is 1. The van der Waals surface area contributed by atoms with Gasteiger partial charge in [-0.2, -0.15) is 0 Å². The molecular formula is C11H15ClN2O2. The summed E-state index contributed by atoms with van der Waals surface area (Å²) < 4.78 is 5.03. The van der Waals surface area contributed by atoms with E-state index in [9.17, 15) is 4.79 Å². The van der Waals surface area contributed by atoms with Crippen LogP contribution in [0.1, 0.15) is 24.4 Å². The maximum Gasteiger partial charge on any atom is 0.217 e. The number of halogens is 1. The Labute approximate surface area is 99.5 Å². The molecule has 0 bridgehead atoms. The third kappa shape index (κ3) is 3.40. The first kappa shape index (κ1) is 12.8. The Morgan fingerprint density at radius 3 is 2.75 bits per heavy atom. The highest BCUT2D eigenvalue weighted by molar-refractivity contribution is 6.31. The number of methoxy groups -OCH3 is 1. The van der Waals surface area contributed by atoms with Gasteiger partial charge in [-0.05, 0) is 24.1 Å².